The van der Waals surface area contributed by atoms with E-state index in [1.54, 1.807) is 50.5 Å². The predicted octanol–water partition coefficient (Wildman–Crippen LogP) is 2.88. The second-order valence-electron chi connectivity index (χ2n) is 5.26. The van der Waals surface area contributed by atoms with E-state index in [9.17, 15) is 4.79 Å². The molecule has 0 N–H and O–H groups in total. The highest BCUT2D eigenvalue weighted by Gasteiger charge is 2.34. The van der Waals surface area contributed by atoms with Crippen LogP contribution < -0.4 is 23.8 Å². The van der Waals surface area contributed by atoms with E-state index in [0.29, 0.717) is 40.8 Å². The van der Waals surface area contributed by atoms with Crippen LogP contribution >= 0.6 is 0 Å². The molecule has 2 aromatic carbocycles. The van der Waals surface area contributed by atoms with Crippen LogP contribution in [-0.2, 0) is 6.54 Å². The number of fused-ring (bicyclic) bond motifs is 1. The van der Waals surface area contributed by atoms with Crippen LogP contribution in [-0.4, -0.2) is 34.3 Å². The number of hydrogen-bond acceptors (Lipinski definition) is 5. The lowest BCUT2D eigenvalue weighted by Gasteiger charge is -2.19. The van der Waals surface area contributed by atoms with Crippen LogP contribution in [0.1, 0.15) is 15.9 Å². The van der Waals surface area contributed by atoms with Gasteiger partial charge in [-0.05, 0) is 23.8 Å². The number of anilines is 1. The number of amides is 1. The maximum absolute atomic E-state index is 13.0. The van der Waals surface area contributed by atoms with Crippen molar-refractivity contribution in [3.8, 4) is 23.0 Å². The number of carbonyl (C=O) groups excluding carboxylic acids is 1. The fraction of sp³-hybridized carbons (Fsp3) is 0.278. The van der Waals surface area contributed by atoms with Gasteiger partial charge in [0.15, 0.2) is 11.5 Å². The van der Waals surface area contributed by atoms with Crippen LogP contribution in [0.25, 0.3) is 0 Å². The Labute approximate surface area is 140 Å². The highest BCUT2D eigenvalue weighted by molar-refractivity contribution is 6.13. The van der Waals surface area contributed by atoms with Crippen molar-refractivity contribution in [1.29, 1.82) is 0 Å². The minimum atomic E-state index is -0.160. The summed E-state index contributed by atoms with van der Waals surface area (Å²) in [5.74, 6) is 2.07. The van der Waals surface area contributed by atoms with Crippen LogP contribution in [0.15, 0.2) is 30.3 Å². The number of hydrogen-bond donors (Lipinski definition) is 0. The summed E-state index contributed by atoms with van der Waals surface area (Å²) in [7, 11) is 6.23. The second kappa shape index (κ2) is 6.31. The first-order valence-electron chi connectivity index (χ1n) is 7.42. The molecule has 0 unspecified atom stereocenters. The van der Waals surface area contributed by atoms with Gasteiger partial charge in [0.1, 0.15) is 11.5 Å². The first-order chi connectivity index (χ1) is 11.6. The van der Waals surface area contributed by atoms with Crippen molar-refractivity contribution in [2.24, 2.45) is 0 Å². The van der Waals surface area contributed by atoms with E-state index < -0.39 is 0 Å². The molecular weight excluding hydrogens is 310 g/mol. The molecule has 1 heterocycles. The van der Waals surface area contributed by atoms with E-state index >= 15 is 0 Å². The normalized spacial score (nSPS) is 12.8. The largest absolute Gasteiger partial charge is 0.497 e. The number of carbonyl (C=O) groups is 1. The van der Waals surface area contributed by atoms with Gasteiger partial charge >= 0.3 is 0 Å². The summed E-state index contributed by atoms with van der Waals surface area (Å²) >= 11 is 0. The maximum atomic E-state index is 13.0. The lowest BCUT2D eigenvalue weighted by molar-refractivity contribution is 0.0993. The minimum Gasteiger partial charge on any atom is -0.497 e. The number of rotatable bonds is 5. The minimum absolute atomic E-state index is 0.160. The van der Waals surface area contributed by atoms with Crippen LogP contribution in [0.4, 0.5) is 5.69 Å². The van der Waals surface area contributed by atoms with Crippen molar-refractivity contribution in [2.45, 2.75) is 6.54 Å². The molecule has 0 aromatic heterocycles. The highest BCUT2D eigenvalue weighted by atomic mass is 16.5. The molecule has 1 aliphatic heterocycles. The Kier molecular flexibility index (Phi) is 4.20. The number of benzene rings is 2. The quantitative estimate of drug-likeness (QED) is 0.844. The molecule has 0 saturated heterocycles. The summed E-state index contributed by atoms with van der Waals surface area (Å²) in [6.45, 7) is 0.429. The van der Waals surface area contributed by atoms with Gasteiger partial charge in [-0.15, -0.1) is 0 Å². The zero-order chi connectivity index (χ0) is 17.3. The van der Waals surface area contributed by atoms with Gasteiger partial charge in [-0.2, -0.15) is 0 Å². The Morgan fingerprint density at radius 2 is 1.58 bits per heavy atom. The van der Waals surface area contributed by atoms with Crippen LogP contribution in [0.3, 0.4) is 0 Å². The van der Waals surface area contributed by atoms with Gasteiger partial charge in [0, 0.05) is 6.07 Å². The molecule has 0 saturated carbocycles. The van der Waals surface area contributed by atoms with E-state index in [1.165, 1.54) is 7.11 Å². The van der Waals surface area contributed by atoms with E-state index in [1.807, 2.05) is 6.07 Å². The molecule has 0 aliphatic carbocycles. The second-order valence-corrected chi connectivity index (χ2v) is 5.26. The number of nitrogens with zero attached hydrogens (tertiary/aromatic N) is 1. The van der Waals surface area contributed by atoms with E-state index in [2.05, 4.69) is 0 Å². The van der Waals surface area contributed by atoms with Gasteiger partial charge in [0.2, 0.25) is 0 Å². The molecule has 126 valence electrons. The molecule has 2 aromatic rings. The molecular formula is C18H19NO5. The van der Waals surface area contributed by atoms with Crippen molar-refractivity contribution < 1.29 is 23.7 Å². The molecule has 0 radical (unpaired) electrons. The molecule has 0 bridgehead atoms. The summed E-state index contributed by atoms with van der Waals surface area (Å²) in [5.41, 5.74) is 2.04. The maximum Gasteiger partial charge on any atom is 0.262 e. The van der Waals surface area contributed by atoms with E-state index in [4.69, 9.17) is 18.9 Å². The summed E-state index contributed by atoms with van der Waals surface area (Å²) < 4.78 is 21.4. The van der Waals surface area contributed by atoms with E-state index in [0.717, 1.165) is 5.56 Å². The molecule has 0 fully saturated rings. The Balaban J connectivity index is 2.09. The first kappa shape index (κ1) is 16.0. The van der Waals surface area contributed by atoms with Gasteiger partial charge in [0.05, 0.1) is 46.2 Å². The molecule has 0 atom stereocenters. The molecule has 24 heavy (non-hydrogen) atoms. The number of methoxy groups -OCH3 is 4. The Hall–Kier alpha value is -2.89. The molecule has 1 amide bonds. The monoisotopic (exact) mass is 329 g/mol. The fourth-order valence-corrected chi connectivity index (χ4v) is 2.91. The standard InChI is InChI=1S/C18H19NO5/c1-21-12-6-8-14(22-2)13(9-12)19-10-11-5-7-15(23-3)17(24-4)16(11)18(19)20/h5-9H,10H2,1-4H3. The van der Waals surface area contributed by atoms with Gasteiger partial charge in [-0.3, -0.25) is 4.79 Å². The van der Waals surface area contributed by atoms with Gasteiger partial charge in [0.25, 0.3) is 5.91 Å². The van der Waals surface area contributed by atoms with Crippen molar-refractivity contribution >= 4 is 11.6 Å². The summed E-state index contributed by atoms with van der Waals surface area (Å²) in [6.07, 6.45) is 0. The van der Waals surface area contributed by atoms with Gasteiger partial charge in [-0.25, -0.2) is 0 Å². The number of ether oxygens (including phenoxy) is 4. The summed E-state index contributed by atoms with van der Waals surface area (Å²) in [4.78, 5) is 14.7. The smallest absolute Gasteiger partial charge is 0.262 e. The third kappa shape index (κ3) is 2.40. The van der Waals surface area contributed by atoms with Crippen LogP contribution in [0.2, 0.25) is 0 Å². The Morgan fingerprint density at radius 3 is 2.21 bits per heavy atom. The van der Waals surface area contributed by atoms with Crippen LogP contribution in [0, 0.1) is 0 Å². The van der Waals surface area contributed by atoms with Crippen molar-refractivity contribution in [3.05, 3.63) is 41.5 Å². The van der Waals surface area contributed by atoms with E-state index in [-0.39, 0.29) is 5.91 Å². The third-order valence-electron chi connectivity index (χ3n) is 4.10. The van der Waals surface area contributed by atoms with Crippen molar-refractivity contribution in [3.63, 3.8) is 0 Å². The molecule has 3 rings (SSSR count). The molecule has 0 spiro atoms. The molecule has 6 heteroatoms. The summed E-state index contributed by atoms with van der Waals surface area (Å²) in [6, 6.07) is 9.03. The zero-order valence-electron chi connectivity index (χ0n) is 14.1. The molecule has 6 nitrogen and oxygen atoms in total. The average Bonchev–Trinajstić information content (AvgIpc) is 2.97. The highest BCUT2D eigenvalue weighted by Crippen LogP contribution is 2.42. The van der Waals surface area contributed by atoms with Crippen molar-refractivity contribution in [2.75, 3.05) is 33.3 Å². The Morgan fingerprint density at radius 1 is 0.875 bits per heavy atom. The first-order valence-corrected chi connectivity index (χ1v) is 7.42. The third-order valence-corrected chi connectivity index (χ3v) is 4.10. The van der Waals surface area contributed by atoms with Crippen molar-refractivity contribution in [1.82, 2.24) is 0 Å². The van der Waals surface area contributed by atoms with Gasteiger partial charge in [-0.1, -0.05) is 6.07 Å². The Bertz CT molecular complexity index is 787. The van der Waals surface area contributed by atoms with Gasteiger partial charge < -0.3 is 23.8 Å². The fourth-order valence-electron chi connectivity index (χ4n) is 2.91. The lowest BCUT2D eigenvalue weighted by Crippen LogP contribution is -2.23. The topological polar surface area (TPSA) is 57.2 Å². The van der Waals surface area contributed by atoms with Crippen LogP contribution in [0.5, 0.6) is 23.0 Å². The predicted molar refractivity (Wildman–Crippen MR) is 89.6 cm³/mol. The zero-order valence-corrected chi connectivity index (χ0v) is 14.1. The average molecular weight is 329 g/mol. The summed E-state index contributed by atoms with van der Waals surface area (Å²) in [5, 5.41) is 0. The lowest BCUT2D eigenvalue weighted by atomic mass is 10.1. The molecule has 1 aliphatic rings. The SMILES string of the molecule is COc1ccc(OC)c(N2Cc3ccc(OC)c(OC)c3C2=O)c1.